The van der Waals surface area contributed by atoms with Gasteiger partial charge in [-0.3, -0.25) is 9.78 Å². The van der Waals surface area contributed by atoms with Gasteiger partial charge in [-0.2, -0.15) is 5.11 Å². The van der Waals surface area contributed by atoms with Gasteiger partial charge in [0.2, 0.25) is 5.91 Å². The molecule has 0 fully saturated rings. The lowest BCUT2D eigenvalue weighted by atomic mass is 10.1. The first-order valence-corrected chi connectivity index (χ1v) is 9.92. The van der Waals surface area contributed by atoms with Gasteiger partial charge in [-0.25, -0.2) is 0 Å². The van der Waals surface area contributed by atoms with Crippen LogP contribution in [0.3, 0.4) is 0 Å². The Balaban J connectivity index is 1.83. The third-order valence-corrected chi connectivity index (χ3v) is 4.50. The Morgan fingerprint density at radius 3 is 2.35 bits per heavy atom. The van der Waals surface area contributed by atoms with E-state index in [-0.39, 0.29) is 19.1 Å². The number of benzene rings is 2. The van der Waals surface area contributed by atoms with Gasteiger partial charge in [0.1, 0.15) is 5.69 Å². The summed E-state index contributed by atoms with van der Waals surface area (Å²) < 4.78 is 0. The van der Waals surface area contributed by atoms with Crippen molar-refractivity contribution < 1.29 is 15.0 Å². The normalized spacial score (nSPS) is 10.9. The van der Waals surface area contributed by atoms with E-state index < -0.39 is 0 Å². The number of rotatable bonds is 9. The van der Waals surface area contributed by atoms with Crippen molar-refractivity contribution in [2.75, 3.05) is 36.5 Å². The Bertz CT molecular complexity index is 1020. The van der Waals surface area contributed by atoms with E-state index in [2.05, 4.69) is 20.5 Å². The lowest BCUT2D eigenvalue weighted by Crippen LogP contribution is -2.29. The number of carbonyl (C=O) groups excluding carboxylic acids is 1. The molecule has 0 spiro atoms. The summed E-state index contributed by atoms with van der Waals surface area (Å²) in [5.41, 5.74) is 4.28. The maximum absolute atomic E-state index is 11.7. The van der Waals surface area contributed by atoms with Gasteiger partial charge in [-0.05, 0) is 42.5 Å². The molecule has 3 aromatic rings. The molecule has 0 aliphatic carbocycles. The zero-order valence-electron chi connectivity index (χ0n) is 17.3. The van der Waals surface area contributed by atoms with Crippen LogP contribution < -0.4 is 10.2 Å². The fraction of sp³-hybridized carbons (Fsp3) is 0.217. The molecule has 0 aliphatic rings. The van der Waals surface area contributed by atoms with Crippen LogP contribution in [-0.2, 0) is 4.79 Å². The van der Waals surface area contributed by atoms with E-state index in [1.807, 2.05) is 53.4 Å². The molecule has 0 unspecified atom stereocenters. The number of anilines is 2. The summed E-state index contributed by atoms with van der Waals surface area (Å²) in [5, 5.41) is 29.9. The number of aliphatic hydroxyl groups excluding tert-OH is 2. The smallest absolute Gasteiger partial charge is 0.221 e. The van der Waals surface area contributed by atoms with Crippen molar-refractivity contribution in [1.29, 1.82) is 0 Å². The molecule has 3 rings (SSSR count). The Labute approximate surface area is 180 Å². The molecule has 0 radical (unpaired) electrons. The second kappa shape index (κ2) is 11.0. The van der Waals surface area contributed by atoms with Crippen LogP contribution in [0.25, 0.3) is 11.3 Å². The predicted molar refractivity (Wildman–Crippen MR) is 121 cm³/mol. The van der Waals surface area contributed by atoms with Crippen LogP contribution in [0.15, 0.2) is 77.1 Å². The summed E-state index contributed by atoms with van der Waals surface area (Å²) in [6.07, 6.45) is 1.75. The minimum Gasteiger partial charge on any atom is -0.395 e. The molecular formula is C23H25N5O3. The van der Waals surface area contributed by atoms with Crippen molar-refractivity contribution in [1.82, 2.24) is 4.98 Å². The van der Waals surface area contributed by atoms with Gasteiger partial charge >= 0.3 is 0 Å². The van der Waals surface area contributed by atoms with Crippen molar-refractivity contribution >= 4 is 28.7 Å². The quantitative estimate of drug-likeness (QED) is 0.456. The van der Waals surface area contributed by atoms with Crippen molar-refractivity contribution in [2.24, 2.45) is 10.2 Å². The number of carbonyl (C=O) groups is 1. The van der Waals surface area contributed by atoms with E-state index >= 15 is 0 Å². The number of azo groups is 1. The van der Waals surface area contributed by atoms with Gasteiger partial charge in [0, 0.05) is 37.5 Å². The second-order valence-electron chi connectivity index (χ2n) is 6.78. The van der Waals surface area contributed by atoms with Crippen LogP contribution in [0.4, 0.5) is 22.7 Å². The van der Waals surface area contributed by atoms with Crippen LogP contribution in [0.2, 0.25) is 0 Å². The number of pyridine rings is 1. The molecule has 1 amide bonds. The molecule has 0 aliphatic heterocycles. The van der Waals surface area contributed by atoms with Gasteiger partial charge in [0.15, 0.2) is 0 Å². The van der Waals surface area contributed by atoms with Gasteiger partial charge < -0.3 is 20.4 Å². The van der Waals surface area contributed by atoms with Crippen molar-refractivity contribution in [3.05, 3.63) is 66.9 Å². The SMILES string of the molecule is CC(=O)Nc1cc(N(CCO)CCO)ccc1N=Nc1ccc(-c2ccccn2)cc1. The first-order chi connectivity index (χ1) is 15.1. The predicted octanol–water partition coefficient (Wildman–Crippen LogP) is 3.91. The fourth-order valence-corrected chi connectivity index (χ4v) is 3.05. The maximum atomic E-state index is 11.7. The van der Waals surface area contributed by atoms with Gasteiger partial charge in [0.05, 0.1) is 30.3 Å². The summed E-state index contributed by atoms with van der Waals surface area (Å²) >= 11 is 0. The Morgan fingerprint density at radius 1 is 1.00 bits per heavy atom. The highest BCUT2D eigenvalue weighted by Crippen LogP contribution is 2.32. The zero-order chi connectivity index (χ0) is 22.1. The van der Waals surface area contributed by atoms with E-state index in [1.165, 1.54) is 6.92 Å². The van der Waals surface area contributed by atoms with E-state index in [0.29, 0.717) is 30.2 Å². The van der Waals surface area contributed by atoms with Crippen LogP contribution in [0.5, 0.6) is 0 Å². The maximum Gasteiger partial charge on any atom is 0.221 e. The minimum absolute atomic E-state index is 0.0502. The van der Waals surface area contributed by atoms with E-state index in [1.54, 1.807) is 18.3 Å². The van der Waals surface area contributed by atoms with E-state index in [9.17, 15) is 15.0 Å². The molecule has 0 atom stereocenters. The van der Waals surface area contributed by atoms with Gasteiger partial charge in [-0.1, -0.05) is 18.2 Å². The molecule has 8 heteroatoms. The largest absolute Gasteiger partial charge is 0.395 e. The number of aliphatic hydroxyl groups is 2. The molecule has 0 bridgehead atoms. The van der Waals surface area contributed by atoms with Gasteiger partial charge in [-0.15, -0.1) is 5.11 Å². The number of aromatic nitrogens is 1. The van der Waals surface area contributed by atoms with Crippen molar-refractivity contribution in [2.45, 2.75) is 6.92 Å². The third kappa shape index (κ3) is 6.18. The third-order valence-electron chi connectivity index (χ3n) is 4.50. The molecule has 1 aromatic heterocycles. The summed E-state index contributed by atoms with van der Waals surface area (Å²) in [4.78, 5) is 17.8. The van der Waals surface area contributed by atoms with Crippen molar-refractivity contribution in [3.8, 4) is 11.3 Å². The summed E-state index contributed by atoms with van der Waals surface area (Å²) in [6, 6.07) is 18.6. The molecule has 1 heterocycles. The number of hydrogen-bond acceptors (Lipinski definition) is 7. The van der Waals surface area contributed by atoms with E-state index in [4.69, 9.17) is 0 Å². The average Bonchev–Trinajstić information content (AvgIpc) is 2.79. The summed E-state index contributed by atoms with van der Waals surface area (Å²) in [6.45, 7) is 2.05. The Morgan fingerprint density at radius 2 is 1.74 bits per heavy atom. The molecule has 31 heavy (non-hydrogen) atoms. The van der Waals surface area contributed by atoms with Crippen LogP contribution >= 0.6 is 0 Å². The first-order valence-electron chi connectivity index (χ1n) is 9.92. The van der Waals surface area contributed by atoms with Crippen LogP contribution in [-0.4, -0.2) is 47.4 Å². The molecular weight excluding hydrogens is 394 g/mol. The molecule has 2 aromatic carbocycles. The number of nitrogens with one attached hydrogen (secondary N) is 1. The summed E-state index contributed by atoms with van der Waals surface area (Å²) in [5.74, 6) is -0.232. The topological polar surface area (TPSA) is 110 Å². The highest BCUT2D eigenvalue weighted by atomic mass is 16.3. The Kier molecular flexibility index (Phi) is 7.80. The highest BCUT2D eigenvalue weighted by Gasteiger charge is 2.11. The number of amides is 1. The zero-order valence-corrected chi connectivity index (χ0v) is 17.3. The number of hydrogen-bond donors (Lipinski definition) is 3. The first kappa shape index (κ1) is 22.1. The lowest BCUT2D eigenvalue weighted by molar-refractivity contribution is -0.114. The minimum atomic E-state index is -0.232. The molecule has 0 saturated carbocycles. The molecule has 0 saturated heterocycles. The van der Waals surface area contributed by atoms with Crippen LogP contribution in [0, 0.1) is 0 Å². The molecule has 160 valence electrons. The van der Waals surface area contributed by atoms with Gasteiger partial charge in [0.25, 0.3) is 0 Å². The van der Waals surface area contributed by atoms with E-state index in [0.717, 1.165) is 16.9 Å². The average molecular weight is 419 g/mol. The molecule has 3 N–H and O–H groups in total. The Hall–Kier alpha value is -3.62. The monoisotopic (exact) mass is 419 g/mol. The standard InChI is InChI=1S/C23H25N5O3/c1-17(31)25-23-16-20(28(12-14-29)13-15-30)9-10-22(23)27-26-19-7-5-18(6-8-19)21-4-2-3-11-24-21/h2-11,16,29-30H,12-15H2,1H3,(H,25,31). The second-order valence-corrected chi connectivity index (χ2v) is 6.78. The summed E-state index contributed by atoms with van der Waals surface area (Å²) in [7, 11) is 0. The highest BCUT2D eigenvalue weighted by molar-refractivity contribution is 5.93. The number of nitrogens with zero attached hydrogens (tertiary/aromatic N) is 4. The fourth-order valence-electron chi connectivity index (χ4n) is 3.05. The van der Waals surface area contributed by atoms with Crippen LogP contribution in [0.1, 0.15) is 6.92 Å². The molecule has 8 nitrogen and oxygen atoms in total. The van der Waals surface area contributed by atoms with Crippen molar-refractivity contribution in [3.63, 3.8) is 0 Å². The lowest BCUT2D eigenvalue weighted by Gasteiger charge is -2.23.